The van der Waals surface area contributed by atoms with E-state index in [0.29, 0.717) is 28.1 Å². The summed E-state index contributed by atoms with van der Waals surface area (Å²) in [6.07, 6.45) is 4.58. The Kier molecular flexibility index (Phi) is 8.66. The lowest BCUT2D eigenvalue weighted by Crippen LogP contribution is -2.29. The number of amides is 2. The molecule has 1 fully saturated rings. The van der Waals surface area contributed by atoms with Crippen LogP contribution in [0.15, 0.2) is 103 Å². The summed E-state index contributed by atoms with van der Waals surface area (Å²) < 4.78 is 0. The Morgan fingerprint density at radius 3 is 2.33 bits per heavy atom. The standard InChI is InChI=1S/C37H38N4O2/c1-2-32(27-14-6-3-7-15-27)39-36(42)29-19-20-33-31(24-29)34(37(43)40-33)35(28-16-8-4-9-17-28)38-30-18-12-13-26(23-30)25-41-21-10-5-11-22-41/h3-4,6-9,12-20,23-24,32,38H,2,5,10-11,21-22,25H2,1H3,(H,39,42)(H,40,43)/b35-34-/t32-/m0/s1. The number of benzene rings is 4. The number of carbonyl (C=O) groups is 2. The number of nitrogens with one attached hydrogen (secondary N) is 3. The van der Waals surface area contributed by atoms with E-state index in [1.54, 1.807) is 6.07 Å². The van der Waals surface area contributed by atoms with Gasteiger partial charge in [0, 0.05) is 29.0 Å². The van der Waals surface area contributed by atoms with Gasteiger partial charge in [-0.25, -0.2) is 0 Å². The summed E-state index contributed by atoms with van der Waals surface area (Å²) in [7, 11) is 0. The molecule has 218 valence electrons. The highest BCUT2D eigenvalue weighted by Gasteiger charge is 2.30. The van der Waals surface area contributed by atoms with Gasteiger partial charge in [-0.05, 0) is 79.4 Å². The van der Waals surface area contributed by atoms with Crippen LogP contribution in [0.2, 0.25) is 0 Å². The molecule has 4 aromatic rings. The molecule has 1 atom stereocenters. The first-order valence-corrected chi connectivity index (χ1v) is 15.3. The summed E-state index contributed by atoms with van der Waals surface area (Å²) in [5, 5.41) is 9.79. The zero-order valence-corrected chi connectivity index (χ0v) is 24.6. The molecule has 2 aliphatic heterocycles. The fourth-order valence-corrected chi connectivity index (χ4v) is 6.06. The molecule has 0 spiro atoms. The molecule has 0 bridgehead atoms. The van der Waals surface area contributed by atoms with Crippen molar-refractivity contribution in [3.8, 4) is 0 Å². The van der Waals surface area contributed by atoms with Gasteiger partial charge in [0.1, 0.15) is 0 Å². The lowest BCUT2D eigenvalue weighted by Gasteiger charge is -2.26. The molecule has 43 heavy (non-hydrogen) atoms. The van der Waals surface area contributed by atoms with Crippen LogP contribution in [-0.2, 0) is 11.3 Å². The summed E-state index contributed by atoms with van der Waals surface area (Å²) in [5.41, 5.74) is 7.27. The fraction of sp³-hybridized carbons (Fsp3) is 0.243. The van der Waals surface area contributed by atoms with Crippen molar-refractivity contribution in [1.29, 1.82) is 0 Å². The van der Waals surface area contributed by atoms with Crippen LogP contribution >= 0.6 is 0 Å². The van der Waals surface area contributed by atoms with Gasteiger partial charge >= 0.3 is 0 Å². The molecule has 1 saturated heterocycles. The number of anilines is 2. The van der Waals surface area contributed by atoms with Crippen molar-refractivity contribution in [3.05, 3.63) is 131 Å². The Morgan fingerprint density at radius 1 is 0.837 bits per heavy atom. The van der Waals surface area contributed by atoms with E-state index >= 15 is 0 Å². The number of fused-ring (bicyclic) bond motifs is 1. The maximum absolute atomic E-state index is 13.5. The average Bonchev–Trinajstić information content (AvgIpc) is 3.38. The van der Waals surface area contributed by atoms with Crippen LogP contribution in [0.5, 0.6) is 0 Å². The Morgan fingerprint density at radius 2 is 1.58 bits per heavy atom. The molecule has 6 nitrogen and oxygen atoms in total. The largest absolute Gasteiger partial charge is 0.354 e. The first-order chi connectivity index (χ1) is 21.1. The van der Waals surface area contributed by atoms with E-state index in [-0.39, 0.29) is 17.9 Å². The van der Waals surface area contributed by atoms with Gasteiger partial charge < -0.3 is 16.0 Å². The Balaban J connectivity index is 1.34. The molecule has 0 aromatic heterocycles. The number of hydrogen-bond acceptors (Lipinski definition) is 4. The van der Waals surface area contributed by atoms with E-state index in [9.17, 15) is 9.59 Å². The summed E-state index contributed by atoms with van der Waals surface area (Å²) in [6, 6.07) is 33.6. The van der Waals surface area contributed by atoms with E-state index < -0.39 is 0 Å². The molecular weight excluding hydrogens is 532 g/mol. The number of likely N-dealkylation sites (tertiary alicyclic amines) is 1. The molecule has 2 heterocycles. The fourth-order valence-electron chi connectivity index (χ4n) is 6.06. The minimum Gasteiger partial charge on any atom is -0.354 e. The molecule has 2 aliphatic rings. The average molecular weight is 571 g/mol. The van der Waals surface area contributed by atoms with E-state index in [1.807, 2.05) is 78.9 Å². The maximum Gasteiger partial charge on any atom is 0.258 e. The van der Waals surface area contributed by atoms with Gasteiger partial charge in [-0.1, -0.05) is 86.1 Å². The van der Waals surface area contributed by atoms with Crippen LogP contribution in [0.4, 0.5) is 11.4 Å². The quantitative estimate of drug-likeness (QED) is 0.182. The zero-order chi connectivity index (χ0) is 29.6. The monoisotopic (exact) mass is 570 g/mol. The molecule has 3 N–H and O–H groups in total. The minimum absolute atomic E-state index is 0.101. The van der Waals surface area contributed by atoms with Gasteiger partial charge in [0.15, 0.2) is 0 Å². The smallest absolute Gasteiger partial charge is 0.258 e. The molecular formula is C37H38N4O2. The van der Waals surface area contributed by atoms with Crippen LogP contribution < -0.4 is 16.0 Å². The first kappa shape index (κ1) is 28.4. The highest BCUT2D eigenvalue weighted by atomic mass is 16.2. The van der Waals surface area contributed by atoms with Crippen molar-refractivity contribution in [2.45, 2.75) is 45.2 Å². The van der Waals surface area contributed by atoms with Crippen LogP contribution in [-0.4, -0.2) is 29.8 Å². The molecule has 6 heteroatoms. The number of piperidine rings is 1. The van der Waals surface area contributed by atoms with Gasteiger partial charge in [0.05, 0.1) is 17.3 Å². The lowest BCUT2D eigenvalue weighted by atomic mass is 9.97. The topological polar surface area (TPSA) is 73.5 Å². The Hall–Kier alpha value is -4.68. The number of carbonyl (C=O) groups excluding carboxylic acids is 2. The predicted octanol–water partition coefficient (Wildman–Crippen LogP) is 7.49. The summed E-state index contributed by atoms with van der Waals surface area (Å²) in [4.78, 5) is 29.5. The number of rotatable bonds is 9. The van der Waals surface area contributed by atoms with Crippen molar-refractivity contribution in [3.63, 3.8) is 0 Å². The zero-order valence-electron chi connectivity index (χ0n) is 24.6. The van der Waals surface area contributed by atoms with Gasteiger partial charge in [-0.3, -0.25) is 14.5 Å². The van der Waals surface area contributed by atoms with Gasteiger partial charge in [-0.2, -0.15) is 0 Å². The third-order valence-electron chi connectivity index (χ3n) is 8.31. The Bertz CT molecular complexity index is 1630. The lowest BCUT2D eigenvalue weighted by molar-refractivity contribution is -0.110. The second-order valence-electron chi connectivity index (χ2n) is 11.3. The van der Waals surface area contributed by atoms with E-state index in [2.05, 4.69) is 46.0 Å². The molecule has 0 unspecified atom stereocenters. The molecule has 2 amide bonds. The van der Waals surface area contributed by atoms with Crippen LogP contribution in [0.3, 0.4) is 0 Å². The summed E-state index contributed by atoms with van der Waals surface area (Å²) in [6.45, 7) is 5.24. The van der Waals surface area contributed by atoms with Crippen molar-refractivity contribution in [1.82, 2.24) is 10.2 Å². The van der Waals surface area contributed by atoms with Gasteiger partial charge in [-0.15, -0.1) is 0 Å². The third kappa shape index (κ3) is 6.55. The first-order valence-electron chi connectivity index (χ1n) is 15.3. The second kappa shape index (κ2) is 13.1. The summed E-state index contributed by atoms with van der Waals surface area (Å²) in [5.74, 6) is -0.365. The van der Waals surface area contributed by atoms with E-state index in [0.717, 1.165) is 42.9 Å². The molecule has 0 aliphatic carbocycles. The Labute approximate surface area is 253 Å². The summed E-state index contributed by atoms with van der Waals surface area (Å²) >= 11 is 0. The maximum atomic E-state index is 13.5. The third-order valence-corrected chi connectivity index (χ3v) is 8.31. The molecule has 0 radical (unpaired) electrons. The van der Waals surface area contributed by atoms with Gasteiger partial charge in [0.25, 0.3) is 11.8 Å². The predicted molar refractivity (Wildman–Crippen MR) is 174 cm³/mol. The number of hydrogen-bond donors (Lipinski definition) is 3. The molecule has 4 aromatic carbocycles. The highest BCUT2D eigenvalue weighted by molar-refractivity contribution is 6.37. The van der Waals surface area contributed by atoms with Crippen LogP contribution in [0, 0.1) is 0 Å². The number of nitrogens with zero attached hydrogens (tertiary/aromatic N) is 1. The van der Waals surface area contributed by atoms with Gasteiger partial charge in [0.2, 0.25) is 0 Å². The minimum atomic E-state index is -0.195. The van der Waals surface area contributed by atoms with E-state index in [4.69, 9.17) is 0 Å². The van der Waals surface area contributed by atoms with Crippen molar-refractivity contribution in [2.75, 3.05) is 23.7 Å². The van der Waals surface area contributed by atoms with Crippen molar-refractivity contribution >= 4 is 34.5 Å². The highest BCUT2D eigenvalue weighted by Crippen LogP contribution is 2.38. The van der Waals surface area contributed by atoms with Crippen molar-refractivity contribution in [2.24, 2.45) is 0 Å². The molecule has 6 rings (SSSR count). The second-order valence-corrected chi connectivity index (χ2v) is 11.3. The van der Waals surface area contributed by atoms with Crippen LogP contribution in [0.1, 0.15) is 71.3 Å². The van der Waals surface area contributed by atoms with Crippen molar-refractivity contribution < 1.29 is 9.59 Å². The molecule has 0 saturated carbocycles. The normalized spacial score (nSPS) is 16.6. The van der Waals surface area contributed by atoms with E-state index in [1.165, 1.54) is 24.8 Å². The van der Waals surface area contributed by atoms with Crippen LogP contribution in [0.25, 0.3) is 11.3 Å². The SMILES string of the molecule is CC[C@H](NC(=O)c1ccc2c(c1)/C(=C(/Nc1cccc(CN3CCCCC3)c1)c1ccccc1)C(=O)N2)c1ccccc1.